The fourth-order valence-corrected chi connectivity index (χ4v) is 1.60. The van der Waals surface area contributed by atoms with Gasteiger partial charge in [-0.3, -0.25) is 9.59 Å². The maximum Gasteiger partial charge on any atom is 0.416 e. The van der Waals surface area contributed by atoms with Gasteiger partial charge in [-0.25, -0.2) is 0 Å². The van der Waals surface area contributed by atoms with Crippen molar-refractivity contribution in [2.45, 2.75) is 25.1 Å². The monoisotopic (exact) mass is 324 g/mol. The molecule has 1 amide bonds. The molecule has 4 N–H and O–H groups in total. The van der Waals surface area contributed by atoms with Crippen molar-refractivity contribution in [2.75, 3.05) is 5.32 Å². The van der Waals surface area contributed by atoms with Gasteiger partial charge in [0.05, 0.1) is 22.3 Å². The van der Waals surface area contributed by atoms with E-state index in [1.807, 2.05) is 0 Å². The molecule has 0 aliphatic carbocycles. The maximum absolute atomic E-state index is 12.6. The van der Waals surface area contributed by atoms with Gasteiger partial charge in [0.25, 0.3) is 0 Å². The Morgan fingerprint density at radius 1 is 1.38 bits per heavy atom. The first-order valence-corrected chi connectivity index (χ1v) is 6.14. The molecule has 0 saturated heterocycles. The van der Waals surface area contributed by atoms with E-state index < -0.39 is 29.7 Å². The first-order chi connectivity index (χ1) is 9.61. The lowest BCUT2D eigenvalue weighted by atomic mass is 10.1. The summed E-state index contributed by atoms with van der Waals surface area (Å²) in [6.07, 6.45) is -5.04. The van der Waals surface area contributed by atoms with Crippen molar-refractivity contribution in [3.63, 3.8) is 0 Å². The number of amides is 1. The minimum Gasteiger partial charge on any atom is -0.481 e. The third kappa shape index (κ3) is 5.24. The molecular formula is C12H12ClF3N2O3. The molecule has 0 saturated carbocycles. The number of hydrogen-bond acceptors (Lipinski definition) is 3. The number of benzene rings is 1. The molecule has 0 aliphatic heterocycles. The van der Waals surface area contributed by atoms with Crippen molar-refractivity contribution in [3.05, 3.63) is 28.8 Å². The second kappa shape index (κ2) is 6.77. The average molecular weight is 325 g/mol. The van der Waals surface area contributed by atoms with Crippen LogP contribution in [0.5, 0.6) is 0 Å². The van der Waals surface area contributed by atoms with E-state index in [1.54, 1.807) is 0 Å². The zero-order valence-electron chi connectivity index (χ0n) is 10.6. The number of halogens is 4. The molecule has 0 bridgehead atoms. The third-order valence-corrected chi connectivity index (χ3v) is 2.89. The van der Waals surface area contributed by atoms with Crippen molar-refractivity contribution in [3.8, 4) is 0 Å². The van der Waals surface area contributed by atoms with Crippen molar-refractivity contribution >= 4 is 29.2 Å². The molecule has 9 heteroatoms. The normalized spacial score (nSPS) is 12.8. The zero-order valence-corrected chi connectivity index (χ0v) is 11.3. The zero-order chi connectivity index (χ0) is 16.2. The summed E-state index contributed by atoms with van der Waals surface area (Å²) in [6.45, 7) is 0. The van der Waals surface area contributed by atoms with Gasteiger partial charge < -0.3 is 16.2 Å². The molecule has 21 heavy (non-hydrogen) atoms. The smallest absolute Gasteiger partial charge is 0.416 e. The number of nitrogens with two attached hydrogens (primary N) is 1. The van der Waals surface area contributed by atoms with Crippen LogP contribution in [0.25, 0.3) is 0 Å². The van der Waals surface area contributed by atoms with Gasteiger partial charge in [-0.2, -0.15) is 13.2 Å². The Bertz CT molecular complexity index is 549. The van der Waals surface area contributed by atoms with E-state index in [0.29, 0.717) is 6.07 Å². The summed E-state index contributed by atoms with van der Waals surface area (Å²) in [5.74, 6) is -1.94. The number of carbonyl (C=O) groups excluding carboxylic acids is 1. The molecule has 0 aromatic heterocycles. The highest BCUT2D eigenvalue weighted by molar-refractivity contribution is 6.33. The fourth-order valence-electron chi connectivity index (χ4n) is 1.43. The number of alkyl halides is 3. The Hall–Kier alpha value is -1.80. The number of carboxylic acid groups (broad SMARTS) is 1. The molecule has 0 fully saturated rings. The molecule has 1 aromatic carbocycles. The molecule has 1 atom stereocenters. The first kappa shape index (κ1) is 17.3. The number of anilines is 1. The largest absolute Gasteiger partial charge is 0.481 e. The van der Waals surface area contributed by atoms with Crippen LogP contribution in [0.2, 0.25) is 5.02 Å². The maximum atomic E-state index is 12.6. The molecule has 1 aromatic rings. The van der Waals surface area contributed by atoms with Gasteiger partial charge in [0.1, 0.15) is 0 Å². The minimum atomic E-state index is -4.57. The second-order valence-corrected chi connectivity index (χ2v) is 4.63. The Morgan fingerprint density at radius 2 is 2.00 bits per heavy atom. The van der Waals surface area contributed by atoms with Gasteiger partial charge in [0.2, 0.25) is 5.91 Å². The lowest BCUT2D eigenvalue weighted by molar-refractivity contribution is -0.138. The van der Waals surface area contributed by atoms with E-state index in [9.17, 15) is 22.8 Å². The van der Waals surface area contributed by atoms with Gasteiger partial charge in [0.15, 0.2) is 0 Å². The lowest BCUT2D eigenvalue weighted by Gasteiger charge is -2.14. The van der Waals surface area contributed by atoms with Crippen LogP contribution < -0.4 is 11.1 Å². The van der Waals surface area contributed by atoms with Crippen LogP contribution in [0.1, 0.15) is 18.4 Å². The second-order valence-electron chi connectivity index (χ2n) is 4.22. The molecule has 5 nitrogen and oxygen atoms in total. The summed E-state index contributed by atoms with van der Waals surface area (Å²) in [5, 5.41) is 10.5. The predicted octanol–water partition coefficient (Wildman–Crippen LogP) is 2.49. The van der Waals surface area contributed by atoms with Crippen molar-refractivity contribution in [1.82, 2.24) is 0 Å². The summed E-state index contributed by atoms with van der Waals surface area (Å²) < 4.78 is 37.7. The molecule has 0 aliphatic rings. The third-order valence-electron chi connectivity index (χ3n) is 2.56. The van der Waals surface area contributed by atoms with E-state index in [2.05, 4.69) is 5.32 Å². The van der Waals surface area contributed by atoms with Gasteiger partial charge in [-0.05, 0) is 24.6 Å². The molecule has 116 valence electrons. The van der Waals surface area contributed by atoms with Gasteiger partial charge in [0, 0.05) is 6.42 Å². The Balaban J connectivity index is 2.82. The Labute approximate surface area is 122 Å². The first-order valence-electron chi connectivity index (χ1n) is 5.76. The standard InChI is InChI=1S/C12H12ClF3N2O3/c13-7-2-1-6(12(14,15)16)5-9(7)18-11(21)8(17)3-4-10(19)20/h1-2,5,8H,3-4,17H2,(H,18,21)(H,19,20). The van der Waals surface area contributed by atoms with Crippen molar-refractivity contribution in [1.29, 1.82) is 0 Å². The van der Waals surface area contributed by atoms with E-state index in [-0.39, 0.29) is 23.6 Å². The van der Waals surface area contributed by atoms with Gasteiger partial charge in [-0.15, -0.1) is 0 Å². The number of nitrogens with one attached hydrogen (secondary N) is 1. The van der Waals surface area contributed by atoms with Crippen LogP contribution in [-0.4, -0.2) is 23.0 Å². The SMILES string of the molecule is NC(CCC(=O)O)C(=O)Nc1cc(C(F)(F)F)ccc1Cl. The average Bonchev–Trinajstić information content (AvgIpc) is 2.36. The summed E-state index contributed by atoms with van der Waals surface area (Å²) >= 11 is 5.71. The summed E-state index contributed by atoms with van der Waals surface area (Å²) in [7, 11) is 0. The molecule has 0 heterocycles. The topological polar surface area (TPSA) is 92.4 Å². The summed E-state index contributed by atoms with van der Waals surface area (Å²) in [6, 6.07) is 1.31. The minimum absolute atomic E-state index is 0.0817. The summed E-state index contributed by atoms with van der Waals surface area (Å²) in [5.41, 5.74) is 4.24. The van der Waals surface area contributed by atoms with Crippen molar-refractivity contribution < 1.29 is 27.9 Å². The van der Waals surface area contributed by atoms with Crippen LogP contribution in [0, 0.1) is 0 Å². The lowest BCUT2D eigenvalue weighted by Crippen LogP contribution is -2.36. The van der Waals surface area contributed by atoms with E-state index in [1.165, 1.54) is 0 Å². The Morgan fingerprint density at radius 3 is 2.52 bits per heavy atom. The van der Waals surface area contributed by atoms with E-state index in [4.69, 9.17) is 22.4 Å². The van der Waals surface area contributed by atoms with Crippen LogP contribution in [0.15, 0.2) is 18.2 Å². The molecule has 0 radical (unpaired) electrons. The molecule has 1 unspecified atom stereocenters. The molecular weight excluding hydrogens is 313 g/mol. The quantitative estimate of drug-likeness (QED) is 0.776. The van der Waals surface area contributed by atoms with Gasteiger partial charge in [-0.1, -0.05) is 11.6 Å². The number of carboxylic acids is 1. The van der Waals surface area contributed by atoms with Crippen molar-refractivity contribution in [2.24, 2.45) is 5.73 Å². The number of carbonyl (C=O) groups is 2. The number of rotatable bonds is 5. The number of hydrogen-bond donors (Lipinski definition) is 3. The number of aliphatic carboxylic acids is 1. The highest BCUT2D eigenvalue weighted by Crippen LogP contribution is 2.33. The van der Waals surface area contributed by atoms with Crippen LogP contribution >= 0.6 is 11.6 Å². The van der Waals surface area contributed by atoms with Crippen LogP contribution in [0.3, 0.4) is 0 Å². The van der Waals surface area contributed by atoms with E-state index >= 15 is 0 Å². The molecule has 0 spiro atoms. The fraction of sp³-hybridized carbons (Fsp3) is 0.333. The van der Waals surface area contributed by atoms with Crippen LogP contribution in [0.4, 0.5) is 18.9 Å². The van der Waals surface area contributed by atoms with E-state index in [0.717, 1.165) is 12.1 Å². The Kier molecular flexibility index (Phi) is 5.56. The van der Waals surface area contributed by atoms with Crippen LogP contribution in [-0.2, 0) is 15.8 Å². The van der Waals surface area contributed by atoms with Gasteiger partial charge >= 0.3 is 12.1 Å². The highest BCUT2D eigenvalue weighted by Gasteiger charge is 2.31. The highest BCUT2D eigenvalue weighted by atomic mass is 35.5. The summed E-state index contributed by atoms with van der Waals surface area (Å²) in [4.78, 5) is 22.0. The predicted molar refractivity (Wildman–Crippen MR) is 69.9 cm³/mol. The molecule has 1 rings (SSSR count).